The number of benzene rings is 2. The van der Waals surface area contributed by atoms with Gasteiger partial charge in [0.2, 0.25) is 0 Å². The summed E-state index contributed by atoms with van der Waals surface area (Å²) in [5.74, 6) is 0.978. The summed E-state index contributed by atoms with van der Waals surface area (Å²) in [4.78, 5) is 21.1. The van der Waals surface area contributed by atoms with E-state index in [9.17, 15) is 4.79 Å². The zero-order valence-corrected chi connectivity index (χ0v) is 17.5. The molecule has 0 N–H and O–H groups in total. The van der Waals surface area contributed by atoms with Crippen molar-refractivity contribution in [3.8, 4) is 22.1 Å². The Morgan fingerprint density at radius 1 is 1.10 bits per heavy atom. The van der Waals surface area contributed by atoms with Gasteiger partial charge in [0.15, 0.2) is 11.5 Å². The van der Waals surface area contributed by atoms with E-state index in [0.717, 1.165) is 20.8 Å². The highest BCUT2D eigenvalue weighted by atomic mass is 32.1. The molecule has 0 aliphatic carbocycles. The first-order valence-corrected chi connectivity index (χ1v) is 10.7. The van der Waals surface area contributed by atoms with Gasteiger partial charge in [0.1, 0.15) is 11.6 Å². The largest absolute Gasteiger partial charge is 0.493 e. The first kappa shape index (κ1) is 19.4. The lowest BCUT2D eigenvalue weighted by Crippen LogP contribution is -2.05. The lowest BCUT2D eigenvalue weighted by atomic mass is 10.2. The van der Waals surface area contributed by atoms with Crippen LogP contribution in [0.1, 0.15) is 23.0 Å². The Morgan fingerprint density at radius 2 is 2.00 bits per heavy atom. The molecule has 0 fully saturated rings. The van der Waals surface area contributed by atoms with Crippen LogP contribution in [0, 0.1) is 0 Å². The third-order valence-electron chi connectivity index (χ3n) is 4.18. The van der Waals surface area contributed by atoms with Crippen molar-refractivity contribution < 1.29 is 19.0 Å². The zero-order valence-electron chi connectivity index (χ0n) is 15.9. The number of ether oxygens (including phenoxy) is 3. The lowest BCUT2D eigenvalue weighted by Gasteiger charge is -2.09. The van der Waals surface area contributed by atoms with Gasteiger partial charge in [0.05, 0.1) is 40.7 Å². The number of rotatable bonds is 7. The second-order valence-corrected chi connectivity index (χ2v) is 7.80. The predicted octanol–water partition coefficient (Wildman–Crippen LogP) is 5.18. The maximum absolute atomic E-state index is 12.4. The minimum atomic E-state index is -0.377. The van der Waals surface area contributed by atoms with Crippen LogP contribution in [0.15, 0.2) is 47.3 Å². The number of methoxy groups -OCH3 is 1. The number of hydrogen-bond donors (Lipinski definition) is 0. The number of esters is 1. The first-order valence-electron chi connectivity index (χ1n) is 8.94. The van der Waals surface area contributed by atoms with E-state index in [0.29, 0.717) is 29.4 Å². The molecule has 2 heterocycles. The van der Waals surface area contributed by atoms with E-state index >= 15 is 0 Å². The average Bonchev–Trinajstić information content (AvgIpc) is 3.41. The quantitative estimate of drug-likeness (QED) is 0.379. The van der Waals surface area contributed by atoms with Gasteiger partial charge in [-0.05, 0) is 43.3 Å². The van der Waals surface area contributed by atoms with Crippen LogP contribution in [-0.4, -0.2) is 29.7 Å². The van der Waals surface area contributed by atoms with E-state index in [2.05, 4.69) is 9.97 Å². The zero-order chi connectivity index (χ0) is 20.2. The maximum Gasteiger partial charge on any atom is 0.338 e. The van der Waals surface area contributed by atoms with E-state index in [1.54, 1.807) is 24.8 Å². The molecule has 4 aromatic rings. The van der Waals surface area contributed by atoms with Crippen LogP contribution < -0.4 is 9.47 Å². The highest BCUT2D eigenvalue weighted by Crippen LogP contribution is 2.34. The highest BCUT2D eigenvalue weighted by Gasteiger charge is 2.13. The smallest absolute Gasteiger partial charge is 0.338 e. The van der Waals surface area contributed by atoms with Crippen LogP contribution in [0.4, 0.5) is 0 Å². The highest BCUT2D eigenvalue weighted by molar-refractivity contribution is 7.16. The van der Waals surface area contributed by atoms with Crippen LogP contribution >= 0.6 is 22.7 Å². The van der Waals surface area contributed by atoms with Crippen LogP contribution in [0.5, 0.6) is 11.5 Å². The number of aromatic nitrogens is 2. The Kier molecular flexibility index (Phi) is 5.73. The van der Waals surface area contributed by atoms with Crippen LogP contribution in [0.2, 0.25) is 0 Å². The van der Waals surface area contributed by atoms with Gasteiger partial charge in [-0.15, -0.1) is 22.7 Å². The van der Waals surface area contributed by atoms with Gasteiger partial charge < -0.3 is 14.2 Å². The summed E-state index contributed by atoms with van der Waals surface area (Å²) in [5.41, 5.74) is 4.76. The van der Waals surface area contributed by atoms with Crippen molar-refractivity contribution in [2.24, 2.45) is 0 Å². The molecule has 0 radical (unpaired) electrons. The van der Waals surface area contributed by atoms with Crippen molar-refractivity contribution >= 4 is 38.9 Å². The van der Waals surface area contributed by atoms with E-state index in [4.69, 9.17) is 14.2 Å². The van der Waals surface area contributed by atoms with Crippen molar-refractivity contribution in [2.45, 2.75) is 13.5 Å². The van der Waals surface area contributed by atoms with Gasteiger partial charge in [0.25, 0.3) is 0 Å². The molecule has 0 unspecified atom stereocenters. The fraction of sp³-hybridized carbons (Fsp3) is 0.190. The summed E-state index contributed by atoms with van der Waals surface area (Å²) in [7, 11) is 1.61. The fourth-order valence-corrected chi connectivity index (χ4v) is 4.30. The lowest BCUT2D eigenvalue weighted by molar-refractivity contribution is 0.0468. The third kappa shape index (κ3) is 4.23. The van der Waals surface area contributed by atoms with Gasteiger partial charge >= 0.3 is 5.97 Å². The molecule has 6 nitrogen and oxygen atoms in total. The summed E-state index contributed by atoms with van der Waals surface area (Å²) >= 11 is 2.98. The van der Waals surface area contributed by atoms with Crippen molar-refractivity contribution in [2.75, 3.05) is 13.7 Å². The second-order valence-electron chi connectivity index (χ2n) is 6.05. The first-order chi connectivity index (χ1) is 14.2. The molecular weight excluding hydrogens is 408 g/mol. The Balaban J connectivity index is 1.44. The normalized spacial score (nSPS) is 10.8. The Hall–Kier alpha value is -2.97. The van der Waals surface area contributed by atoms with Crippen molar-refractivity contribution in [1.82, 2.24) is 9.97 Å². The third-order valence-corrected chi connectivity index (χ3v) is 5.91. The summed E-state index contributed by atoms with van der Waals surface area (Å²) in [6, 6.07) is 11.0. The Labute approximate surface area is 175 Å². The number of thiazole rings is 2. The minimum absolute atomic E-state index is 0.115. The second kappa shape index (κ2) is 8.59. The summed E-state index contributed by atoms with van der Waals surface area (Å²) in [6.07, 6.45) is 0. The van der Waals surface area contributed by atoms with Gasteiger partial charge in [-0.1, -0.05) is 0 Å². The van der Waals surface area contributed by atoms with Crippen molar-refractivity contribution in [3.05, 3.63) is 58.5 Å². The monoisotopic (exact) mass is 426 g/mol. The van der Waals surface area contributed by atoms with Crippen LogP contribution in [0.25, 0.3) is 20.8 Å². The molecule has 2 aromatic heterocycles. The maximum atomic E-state index is 12.4. The molecule has 0 spiro atoms. The fourth-order valence-electron chi connectivity index (χ4n) is 2.79. The van der Waals surface area contributed by atoms with E-state index in [1.807, 2.05) is 36.6 Å². The molecule has 0 amide bonds. The predicted molar refractivity (Wildman–Crippen MR) is 114 cm³/mol. The number of fused-ring (bicyclic) bond motifs is 1. The van der Waals surface area contributed by atoms with Gasteiger partial charge in [-0.25, -0.2) is 14.8 Å². The summed E-state index contributed by atoms with van der Waals surface area (Å²) in [6.45, 7) is 2.61. The topological polar surface area (TPSA) is 70.5 Å². The number of carbonyl (C=O) groups excluding carboxylic acids is 1. The number of hydrogen-bond acceptors (Lipinski definition) is 8. The molecular formula is C21H18N2O4S2. The van der Waals surface area contributed by atoms with Crippen molar-refractivity contribution in [1.29, 1.82) is 0 Å². The molecule has 8 heteroatoms. The van der Waals surface area contributed by atoms with Crippen molar-refractivity contribution in [3.63, 3.8) is 0 Å². The van der Waals surface area contributed by atoms with E-state index in [1.165, 1.54) is 22.7 Å². The Bertz CT molecular complexity index is 1150. The van der Waals surface area contributed by atoms with Crippen LogP contribution in [-0.2, 0) is 11.3 Å². The molecule has 0 saturated heterocycles. The van der Waals surface area contributed by atoms with Gasteiger partial charge in [0, 0.05) is 10.9 Å². The SMILES string of the molecule is CCOc1ccc(-c2nc(COC(=O)c3ccc4ncsc4c3)cs2)cc1OC. The molecule has 2 aromatic carbocycles. The summed E-state index contributed by atoms with van der Waals surface area (Å²) < 4.78 is 17.3. The molecule has 0 aliphatic heterocycles. The standard InChI is InChI=1S/C21H18N2O4S2/c1-3-26-17-7-5-13(8-18(17)25-2)20-23-15(11-28-20)10-27-21(24)14-4-6-16-19(9-14)29-12-22-16/h4-9,11-12H,3,10H2,1-2H3. The minimum Gasteiger partial charge on any atom is -0.493 e. The number of nitrogens with zero attached hydrogens (tertiary/aromatic N) is 2. The number of carbonyl (C=O) groups is 1. The summed E-state index contributed by atoms with van der Waals surface area (Å²) in [5, 5.41) is 2.71. The molecule has 4 rings (SSSR count). The molecule has 0 saturated carbocycles. The molecule has 0 aliphatic rings. The van der Waals surface area contributed by atoms with Gasteiger partial charge in [-0.2, -0.15) is 0 Å². The van der Waals surface area contributed by atoms with E-state index in [-0.39, 0.29) is 12.6 Å². The molecule has 148 valence electrons. The van der Waals surface area contributed by atoms with Crippen LogP contribution in [0.3, 0.4) is 0 Å². The molecule has 0 bridgehead atoms. The van der Waals surface area contributed by atoms with E-state index < -0.39 is 0 Å². The Morgan fingerprint density at radius 3 is 2.83 bits per heavy atom. The average molecular weight is 427 g/mol. The molecule has 0 atom stereocenters. The molecule has 29 heavy (non-hydrogen) atoms. The van der Waals surface area contributed by atoms with Gasteiger partial charge in [-0.3, -0.25) is 0 Å².